The van der Waals surface area contributed by atoms with Crippen LogP contribution in [0.3, 0.4) is 0 Å². The van der Waals surface area contributed by atoms with Gasteiger partial charge in [-0.3, -0.25) is 4.79 Å². The molecule has 1 atom stereocenters. The van der Waals surface area contributed by atoms with Crippen LogP contribution in [-0.2, 0) is 4.79 Å². The monoisotopic (exact) mass is 391 g/mol. The SMILES string of the molecule is COc1ccc2c(c1)OC(C)(C)C[C@@H]2NC(=O)COc1cccc2ccccc12. The third-order valence-corrected chi connectivity index (χ3v) is 5.12. The van der Waals surface area contributed by atoms with Crippen molar-refractivity contribution in [2.24, 2.45) is 0 Å². The summed E-state index contributed by atoms with van der Waals surface area (Å²) in [6, 6.07) is 19.3. The van der Waals surface area contributed by atoms with Crippen LogP contribution < -0.4 is 19.5 Å². The zero-order valence-corrected chi connectivity index (χ0v) is 16.9. The Hall–Kier alpha value is -3.21. The van der Waals surface area contributed by atoms with Crippen LogP contribution in [0.5, 0.6) is 17.2 Å². The minimum Gasteiger partial charge on any atom is -0.497 e. The standard InChI is InChI=1S/C24H25NO4/c1-24(2)14-20(19-12-11-17(27-3)13-22(19)29-24)25-23(26)15-28-21-10-6-8-16-7-4-5-9-18(16)21/h4-13,20H,14-15H2,1-3H3,(H,25,26)/t20-/m0/s1. The molecule has 1 aliphatic rings. The van der Waals surface area contributed by atoms with Gasteiger partial charge in [0.05, 0.1) is 13.2 Å². The Bertz CT molecular complexity index is 1040. The summed E-state index contributed by atoms with van der Waals surface area (Å²) in [4.78, 5) is 12.7. The van der Waals surface area contributed by atoms with E-state index in [9.17, 15) is 4.79 Å². The van der Waals surface area contributed by atoms with E-state index in [0.29, 0.717) is 12.2 Å². The molecule has 1 aliphatic heterocycles. The van der Waals surface area contributed by atoms with Crippen LogP contribution in [0, 0.1) is 0 Å². The van der Waals surface area contributed by atoms with Gasteiger partial charge >= 0.3 is 0 Å². The molecule has 1 heterocycles. The summed E-state index contributed by atoms with van der Waals surface area (Å²) in [7, 11) is 1.62. The van der Waals surface area contributed by atoms with Crippen molar-refractivity contribution in [1.82, 2.24) is 5.32 Å². The summed E-state index contributed by atoms with van der Waals surface area (Å²) in [6.07, 6.45) is 0.673. The molecule has 29 heavy (non-hydrogen) atoms. The molecular weight excluding hydrogens is 366 g/mol. The molecular formula is C24H25NO4. The molecule has 150 valence electrons. The number of hydrogen-bond donors (Lipinski definition) is 1. The highest BCUT2D eigenvalue weighted by molar-refractivity contribution is 5.88. The van der Waals surface area contributed by atoms with Gasteiger partial charge in [0.15, 0.2) is 6.61 Å². The summed E-state index contributed by atoms with van der Waals surface area (Å²) in [5.41, 5.74) is 0.553. The molecule has 3 aromatic rings. The number of benzene rings is 3. The Morgan fingerprint density at radius 3 is 2.76 bits per heavy atom. The molecule has 3 aromatic carbocycles. The van der Waals surface area contributed by atoms with Crippen LogP contribution >= 0.6 is 0 Å². The number of methoxy groups -OCH3 is 1. The number of carbonyl (C=O) groups is 1. The predicted molar refractivity (Wildman–Crippen MR) is 113 cm³/mol. The second-order valence-electron chi connectivity index (χ2n) is 7.86. The Kier molecular flexibility index (Phi) is 5.05. The van der Waals surface area contributed by atoms with Gasteiger partial charge in [-0.2, -0.15) is 0 Å². The van der Waals surface area contributed by atoms with Gasteiger partial charge in [0, 0.05) is 23.4 Å². The zero-order valence-electron chi connectivity index (χ0n) is 16.9. The van der Waals surface area contributed by atoms with Gasteiger partial charge in [-0.25, -0.2) is 0 Å². The molecule has 0 unspecified atom stereocenters. The van der Waals surface area contributed by atoms with Gasteiger partial charge in [-0.15, -0.1) is 0 Å². The first-order valence-corrected chi connectivity index (χ1v) is 9.72. The van der Waals surface area contributed by atoms with Gasteiger partial charge in [0.1, 0.15) is 22.8 Å². The van der Waals surface area contributed by atoms with Crippen LogP contribution in [0.1, 0.15) is 31.9 Å². The molecule has 0 aliphatic carbocycles. The maximum absolute atomic E-state index is 12.7. The van der Waals surface area contributed by atoms with Crippen LogP contribution in [0.15, 0.2) is 60.7 Å². The minimum absolute atomic E-state index is 0.0444. The lowest BCUT2D eigenvalue weighted by molar-refractivity contribution is -0.124. The molecule has 5 heteroatoms. The Morgan fingerprint density at radius 1 is 1.14 bits per heavy atom. The van der Waals surface area contributed by atoms with E-state index in [-0.39, 0.29) is 18.6 Å². The summed E-state index contributed by atoms with van der Waals surface area (Å²) < 4.78 is 17.2. The van der Waals surface area contributed by atoms with E-state index >= 15 is 0 Å². The van der Waals surface area contributed by atoms with Crippen molar-refractivity contribution in [1.29, 1.82) is 0 Å². The van der Waals surface area contributed by atoms with E-state index in [1.165, 1.54) is 0 Å². The average molecular weight is 391 g/mol. The average Bonchev–Trinajstić information content (AvgIpc) is 2.70. The number of ether oxygens (including phenoxy) is 3. The van der Waals surface area contributed by atoms with E-state index in [1.54, 1.807) is 7.11 Å². The molecule has 0 saturated carbocycles. The summed E-state index contributed by atoms with van der Waals surface area (Å²) in [5, 5.41) is 5.18. The number of rotatable bonds is 5. The van der Waals surface area contributed by atoms with Crippen LogP contribution in [-0.4, -0.2) is 25.2 Å². The molecule has 0 aromatic heterocycles. The third kappa shape index (κ3) is 4.14. The lowest BCUT2D eigenvalue weighted by Crippen LogP contribution is -2.42. The van der Waals surface area contributed by atoms with Gasteiger partial charge in [0.25, 0.3) is 5.91 Å². The zero-order chi connectivity index (χ0) is 20.4. The van der Waals surface area contributed by atoms with Crippen molar-refractivity contribution < 1.29 is 19.0 Å². The largest absolute Gasteiger partial charge is 0.497 e. The van der Waals surface area contributed by atoms with Gasteiger partial charge in [0.2, 0.25) is 0 Å². The molecule has 1 amide bonds. The number of fused-ring (bicyclic) bond motifs is 2. The van der Waals surface area contributed by atoms with E-state index in [0.717, 1.165) is 27.8 Å². The van der Waals surface area contributed by atoms with Crippen LogP contribution in [0.25, 0.3) is 10.8 Å². The van der Waals surface area contributed by atoms with Crippen LogP contribution in [0.4, 0.5) is 0 Å². The minimum atomic E-state index is -0.395. The molecule has 4 rings (SSSR count). The highest BCUT2D eigenvalue weighted by Gasteiger charge is 2.34. The van der Waals surface area contributed by atoms with Gasteiger partial charge in [-0.1, -0.05) is 36.4 Å². The molecule has 0 fully saturated rings. The van der Waals surface area contributed by atoms with Crippen LogP contribution in [0.2, 0.25) is 0 Å². The van der Waals surface area contributed by atoms with E-state index < -0.39 is 5.60 Å². The Balaban J connectivity index is 1.48. The number of nitrogens with one attached hydrogen (secondary N) is 1. The molecule has 5 nitrogen and oxygen atoms in total. The Morgan fingerprint density at radius 2 is 1.93 bits per heavy atom. The third-order valence-electron chi connectivity index (χ3n) is 5.12. The number of carbonyl (C=O) groups excluding carboxylic acids is 1. The number of amides is 1. The fourth-order valence-electron chi connectivity index (χ4n) is 3.79. The topological polar surface area (TPSA) is 56.8 Å². The molecule has 0 spiro atoms. The smallest absolute Gasteiger partial charge is 0.258 e. The summed E-state index contributed by atoms with van der Waals surface area (Å²) in [6.45, 7) is 3.99. The number of hydrogen-bond acceptors (Lipinski definition) is 4. The quantitative estimate of drug-likeness (QED) is 0.688. The first-order chi connectivity index (χ1) is 13.9. The highest BCUT2D eigenvalue weighted by atomic mass is 16.5. The van der Waals surface area contributed by atoms with Crippen molar-refractivity contribution in [2.45, 2.75) is 31.9 Å². The van der Waals surface area contributed by atoms with Crippen molar-refractivity contribution >= 4 is 16.7 Å². The Labute approximate surface area is 170 Å². The molecule has 1 N–H and O–H groups in total. The van der Waals surface area contributed by atoms with Crippen molar-refractivity contribution in [3.05, 3.63) is 66.2 Å². The van der Waals surface area contributed by atoms with Gasteiger partial charge in [-0.05, 0) is 37.4 Å². The molecule has 0 saturated heterocycles. The van der Waals surface area contributed by atoms with E-state index in [4.69, 9.17) is 14.2 Å². The maximum Gasteiger partial charge on any atom is 0.258 e. The maximum atomic E-state index is 12.7. The van der Waals surface area contributed by atoms with Crippen molar-refractivity contribution in [2.75, 3.05) is 13.7 Å². The molecule has 0 bridgehead atoms. The fraction of sp³-hybridized carbons (Fsp3) is 0.292. The first-order valence-electron chi connectivity index (χ1n) is 9.72. The highest BCUT2D eigenvalue weighted by Crippen LogP contribution is 2.41. The second kappa shape index (κ2) is 7.66. The van der Waals surface area contributed by atoms with E-state index in [1.807, 2.05) is 74.5 Å². The molecule has 0 radical (unpaired) electrons. The summed E-state index contributed by atoms with van der Waals surface area (Å²) in [5.74, 6) is 2.00. The second-order valence-corrected chi connectivity index (χ2v) is 7.86. The van der Waals surface area contributed by atoms with Gasteiger partial charge < -0.3 is 19.5 Å². The lowest BCUT2D eigenvalue weighted by Gasteiger charge is -2.38. The van der Waals surface area contributed by atoms with Crippen molar-refractivity contribution in [3.8, 4) is 17.2 Å². The summed E-state index contributed by atoms with van der Waals surface area (Å²) >= 11 is 0. The predicted octanol–water partition coefficient (Wildman–Crippen LogP) is 4.65. The van der Waals surface area contributed by atoms with E-state index in [2.05, 4.69) is 5.32 Å². The lowest BCUT2D eigenvalue weighted by atomic mass is 9.89. The fourth-order valence-corrected chi connectivity index (χ4v) is 3.79. The first kappa shape index (κ1) is 19.1. The normalized spacial score (nSPS) is 17.1. The van der Waals surface area contributed by atoms with Crippen molar-refractivity contribution in [3.63, 3.8) is 0 Å².